The number of ether oxygens (including phenoxy) is 1. The summed E-state index contributed by atoms with van der Waals surface area (Å²) in [4.78, 5) is 15.5. The maximum Gasteiger partial charge on any atom is 0.252 e. The van der Waals surface area contributed by atoms with Gasteiger partial charge in [0.05, 0.1) is 6.04 Å². The lowest BCUT2D eigenvalue weighted by atomic mass is 9.85. The van der Waals surface area contributed by atoms with Crippen LogP contribution in [0.25, 0.3) is 0 Å². The molecule has 1 saturated heterocycles. The van der Waals surface area contributed by atoms with Crippen LogP contribution in [0.3, 0.4) is 0 Å². The number of amides is 1. The van der Waals surface area contributed by atoms with Crippen molar-refractivity contribution in [2.75, 3.05) is 13.2 Å². The second kappa shape index (κ2) is 7.74. The lowest BCUT2D eigenvalue weighted by Gasteiger charge is -2.39. The summed E-state index contributed by atoms with van der Waals surface area (Å²) in [7, 11) is 0. The first-order valence-electron chi connectivity index (χ1n) is 9.98. The number of nitrogens with zero attached hydrogens (tertiary/aromatic N) is 1. The largest absolute Gasteiger partial charge is 0.368 e. The molecule has 0 radical (unpaired) electrons. The number of rotatable bonds is 4. The smallest absolute Gasteiger partial charge is 0.252 e. The first kappa shape index (κ1) is 16.8. The molecule has 4 rings (SSSR count). The Balaban J connectivity index is 1.60. The monoisotopic (exact) mass is 339 g/mol. The zero-order chi connectivity index (χ0) is 17.1. The fourth-order valence-electron chi connectivity index (χ4n) is 4.68. The van der Waals surface area contributed by atoms with Crippen molar-refractivity contribution >= 4 is 5.91 Å². The molecule has 0 N–H and O–H groups in total. The standard InChI is InChI=1S/C22H29NO2/c24-22(21-14-7-15-25-21)23(16-17-8-2-1-3-9-17)20-13-6-11-18-10-4-5-12-19(18)20/h1-2,4-5,10,12,17,20-21H,3,6-9,11,13-16H2/t17-,20+,21+/m1/s1. The number of allylic oxidation sites excluding steroid dienone is 2. The highest BCUT2D eigenvalue weighted by molar-refractivity contribution is 5.81. The van der Waals surface area contributed by atoms with Crippen LogP contribution in [0.4, 0.5) is 0 Å². The molecule has 2 aliphatic carbocycles. The Labute approximate surface area is 151 Å². The number of carbonyl (C=O) groups is 1. The molecule has 0 spiro atoms. The van der Waals surface area contributed by atoms with E-state index in [1.165, 1.54) is 24.0 Å². The number of fused-ring (bicyclic) bond motifs is 1. The molecule has 1 heterocycles. The van der Waals surface area contributed by atoms with Gasteiger partial charge in [0.2, 0.25) is 0 Å². The molecule has 1 aliphatic heterocycles. The summed E-state index contributed by atoms with van der Waals surface area (Å²) in [6, 6.07) is 8.94. The molecular weight excluding hydrogens is 310 g/mol. The zero-order valence-electron chi connectivity index (χ0n) is 15.0. The molecule has 25 heavy (non-hydrogen) atoms. The average molecular weight is 339 g/mol. The van der Waals surface area contributed by atoms with E-state index in [1.54, 1.807) is 0 Å². The van der Waals surface area contributed by atoms with E-state index in [9.17, 15) is 4.79 Å². The summed E-state index contributed by atoms with van der Waals surface area (Å²) < 4.78 is 5.76. The topological polar surface area (TPSA) is 29.5 Å². The van der Waals surface area contributed by atoms with Crippen molar-refractivity contribution in [1.82, 2.24) is 4.90 Å². The third-order valence-corrected chi connectivity index (χ3v) is 6.03. The van der Waals surface area contributed by atoms with Gasteiger partial charge in [0.25, 0.3) is 5.91 Å². The molecule has 134 valence electrons. The highest BCUT2D eigenvalue weighted by atomic mass is 16.5. The average Bonchev–Trinajstić information content (AvgIpc) is 3.21. The fraction of sp³-hybridized carbons (Fsp3) is 0.591. The molecule has 3 atom stereocenters. The minimum Gasteiger partial charge on any atom is -0.368 e. The van der Waals surface area contributed by atoms with Gasteiger partial charge in [0.15, 0.2) is 0 Å². The summed E-state index contributed by atoms with van der Waals surface area (Å²) in [5, 5.41) is 0. The van der Waals surface area contributed by atoms with Crippen molar-refractivity contribution in [2.45, 2.75) is 63.5 Å². The van der Waals surface area contributed by atoms with Gasteiger partial charge in [-0.05, 0) is 68.4 Å². The lowest BCUT2D eigenvalue weighted by Crippen LogP contribution is -2.45. The molecule has 0 saturated carbocycles. The van der Waals surface area contributed by atoms with Crippen molar-refractivity contribution in [3.05, 3.63) is 47.5 Å². The molecule has 1 aromatic carbocycles. The van der Waals surface area contributed by atoms with E-state index < -0.39 is 0 Å². The van der Waals surface area contributed by atoms with Gasteiger partial charge < -0.3 is 9.64 Å². The highest BCUT2D eigenvalue weighted by Crippen LogP contribution is 2.36. The van der Waals surface area contributed by atoms with E-state index in [-0.39, 0.29) is 18.1 Å². The SMILES string of the molecule is O=C([C@@H]1CCCO1)N(C[C@@H]1CC=CCC1)[C@H]1CCCc2ccccc21. The molecule has 0 unspecified atom stereocenters. The first-order chi connectivity index (χ1) is 12.3. The van der Waals surface area contributed by atoms with Crippen molar-refractivity contribution in [2.24, 2.45) is 5.92 Å². The Kier molecular flexibility index (Phi) is 5.21. The normalized spacial score (nSPS) is 28.6. The van der Waals surface area contributed by atoms with Crippen LogP contribution in [0.2, 0.25) is 0 Å². The Morgan fingerprint density at radius 3 is 2.84 bits per heavy atom. The first-order valence-corrected chi connectivity index (χ1v) is 9.98. The Morgan fingerprint density at radius 1 is 1.12 bits per heavy atom. The summed E-state index contributed by atoms with van der Waals surface area (Å²) >= 11 is 0. The number of carbonyl (C=O) groups excluding carboxylic acids is 1. The molecular formula is C22H29NO2. The second-order valence-corrected chi connectivity index (χ2v) is 7.75. The van der Waals surface area contributed by atoms with Crippen molar-refractivity contribution < 1.29 is 9.53 Å². The Bertz CT molecular complexity index is 633. The van der Waals surface area contributed by atoms with Gasteiger partial charge in [-0.2, -0.15) is 0 Å². The summed E-state index contributed by atoms with van der Waals surface area (Å²) in [6.07, 6.45) is 13.1. The molecule has 3 nitrogen and oxygen atoms in total. The Morgan fingerprint density at radius 2 is 2.04 bits per heavy atom. The molecule has 1 amide bonds. The number of benzene rings is 1. The maximum absolute atomic E-state index is 13.3. The van der Waals surface area contributed by atoms with E-state index in [4.69, 9.17) is 4.74 Å². The Hall–Kier alpha value is -1.61. The predicted octanol–water partition coefficient (Wildman–Crippen LogP) is 4.43. The quantitative estimate of drug-likeness (QED) is 0.760. The summed E-state index contributed by atoms with van der Waals surface area (Å²) in [6.45, 7) is 1.61. The third-order valence-electron chi connectivity index (χ3n) is 6.03. The number of hydrogen-bond acceptors (Lipinski definition) is 2. The van der Waals surface area contributed by atoms with Crippen LogP contribution < -0.4 is 0 Å². The van der Waals surface area contributed by atoms with Crippen LogP contribution in [-0.2, 0) is 16.0 Å². The van der Waals surface area contributed by atoms with Crippen LogP contribution in [0.5, 0.6) is 0 Å². The van der Waals surface area contributed by atoms with Gasteiger partial charge in [-0.25, -0.2) is 0 Å². The van der Waals surface area contributed by atoms with E-state index in [0.29, 0.717) is 5.92 Å². The van der Waals surface area contributed by atoms with E-state index in [0.717, 1.165) is 51.7 Å². The van der Waals surface area contributed by atoms with Crippen LogP contribution in [0, 0.1) is 5.92 Å². The minimum atomic E-state index is -0.215. The van der Waals surface area contributed by atoms with Gasteiger partial charge in [0.1, 0.15) is 6.10 Å². The second-order valence-electron chi connectivity index (χ2n) is 7.75. The van der Waals surface area contributed by atoms with Gasteiger partial charge in [-0.1, -0.05) is 36.4 Å². The number of aryl methyl sites for hydroxylation is 1. The van der Waals surface area contributed by atoms with Gasteiger partial charge in [-0.3, -0.25) is 4.79 Å². The summed E-state index contributed by atoms with van der Waals surface area (Å²) in [5.74, 6) is 0.818. The van der Waals surface area contributed by atoms with Crippen molar-refractivity contribution in [3.8, 4) is 0 Å². The van der Waals surface area contributed by atoms with Gasteiger partial charge in [-0.15, -0.1) is 0 Å². The molecule has 0 bridgehead atoms. The molecule has 3 heteroatoms. The third kappa shape index (κ3) is 3.67. The van der Waals surface area contributed by atoms with E-state index >= 15 is 0 Å². The lowest BCUT2D eigenvalue weighted by molar-refractivity contribution is -0.144. The van der Waals surface area contributed by atoms with Crippen LogP contribution in [-0.4, -0.2) is 30.1 Å². The van der Waals surface area contributed by atoms with Gasteiger partial charge in [0, 0.05) is 13.2 Å². The van der Waals surface area contributed by atoms with Crippen LogP contribution in [0.15, 0.2) is 36.4 Å². The zero-order valence-corrected chi connectivity index (χ0v) is 15.0. The molecule has 1 aromatic rings. The fourth-order valence-corrected chi connectivity index (χ4v) is 4.68. The van der Waals surface area contributed by atoms with Crippen LogP contribution in [0.1, 0.15) is 62.1 Å². The van der Waals surface area contributed by atoms with Crippen LogP contribution >= 0.6 is 0 Å². The molecule has 3 aliphatic rings. The number of hydrogen-bond donors (Lipinski definition) is 0. The predicted molar refractivity (Wildman–Crippen MR) is 99.3 cm³/mol. The van der Waals surface area contributed by atoms with Crippen molar-refractivity contribution in [1.29, 1.82) is 0 Å². The summed E-state index contributed by atoms with van der Waals surface area (Å²) in [5.41, 5.74) is 2.79. The van der Waals surface area contributed by atoms with Gasteiger partial charge >= 0.3 is 0 Å². The molecule has 0 aromatic heterocycles. The molecule has 1 fully saturated rings. The van der Waals surface area contributed by atoms with E-state index in [1.807, 2.05) is 0 Å². The maximum atomic E-state index is 13.3. The minimum absolute atomic E-state index is 0.215. The van der Waals surface area contributed by atoms with E-state index in [2.05, 4.69) is 41.3 Å². The highest BCUT2D eigenvalue weighted by Gasteiger charge is 2.35. The van der Waals surface area contributed by atoms with Crippen molar-refractivity contribution in [3.63, 3.8) is 0 Å².